The zero-order valence-corrected chi connectivity index (χ0v) is 12.2. The van der Waals surface area contributed by atoms with Crippen molar-refractivity contribution in [3.63, 3.8) is 0 Å². The number of carboxylic acid groups (broad SMARTS) is 1. The van der Waals surface area contributed by atoms with Crippen LogP contribution in [0.3, 0.4) is 0 Å². The van der Waals surface area contributed by atoms with Crippen LogP contribution in [0.4, 0.5) is 0 Å². The predicted molar refractivity (Wildman–Crippen MR) is 73.4 cm³/mol. The van der Waals surface area contributed by atoms with E-state index in [4.69, 9.17) is 9.84 Å². The fraction of sp³-hybridized carbons (Fsp3) is 0.857. The molecule has 1 N–H and O–H groups in total. The Balaban J connectivity index is 1.85. The fourth-order valence-corrected chi connectivity index (χ4v) is 3.03. The van der Waals surface area contributed by atoms with Crippen LogP contribution in [0.2, 0.25) is 0 Å². The quantitative estimate of drug-likeness (QED) is 0.817. The maximum Gasteiger partial charge on any atom is 0.332 e. The second-order valence-electron chi connectivity index (χ2n) is 5.64. The van der Waals surface area contributed by atoms with Gasteiger partial charge in [-0.3, -0.25) is 4.79 Å². The number of hydrogen-bond acceptors (Lipinski definition) is 4. The second kappa shape index (κ2) is 6.54. The summed E-state index contributed by atoms with van der Waals surface area (Å²) in [6, 6.07) is 0.248. The summed E-state index contributed by atoms with van der Waals surface area (Å²) in [7, 11) is 1.81. The Morgan fingerprint density at radius 1 is 1.20 bits per heavy atom. The van der Waals surface area contributed by atoms with Crippen LogP contribution in [-0.4, -0.2) is 71.7 Å². The van der Waals surface area contributed by atoms with Crippen LogP contribution in [0, 0.1) is 0 Å². The van der Waals surface area contributed by atoms with E-state index in [1.807, 2.05) is 7.05 Å². The lowest BCUT2D eigenvalue weighted by molar-refractivity contribution is -0.155. The van der Waals surface area contributed by atoms with Gasteiger partial charge in [-0.05, 0) is 32.2 Å². The van der Waals surface area contributed by atoms with Crippen molar-refractivity contribution in [1.82, 2.24) is 9.80 Å². The van der Waals surface area contributed by atoms with E-state index in [0.29, 0.717) is 12.8 Å². The number of carbonyl (C=O) groups excluding carboxylic acids is 1. The zero-order valence-electron chi connectivity index (χ0n) is 12.2. The van der Waals surface area contributed by atoms with E-state index in [1.54, 1.807) is 4.90 Å². The van der Waals surface area contributed by atoms with Crippen LogP contribution in [-0.2, 0) is 14.3 Å². The lowest BCUT2D eigenvalue weighted by Gasteiger charge is -2.37. The van der Waals surface area contributed by atoms with E-state index < -0.39 is 18.2 Å². The molecule has 6 nitrogen and oxygen atoms in total. The minimum absolute atomic E-state index is 0.0660. The molecule has 20 heavy (non-hydrogen) atoms. The molecule has 0 aromatic rings. The van der Waals surface area contributed by atoms with Crippen molar-refractivity contribution in [2.45, 2.75) is 50.9 Å². The first-order chi connectivity index (χ1) is 9.52. The number of likely N-dealkylation sites (tertiary alicyclic amines) is 1. The van der Waals surface area contributed by atoms with Gasteiger partial charge in [-0.1, -0.05) is 6.92 Å². The first kappa shape index (κ1) is 15.3. The van der Waals surface area contributed by atoms with Crippen molar-refractivity contribution in [2.75, 3.05) is 26.7 Å². The molecule has 6 heteroatoms. The Morgan fingerprint density at radius 3 is 2.30 bits per heavy atom. The van der Waals surface area contributed by atoms with Crippen LogP contribution in [0.1, 0.15) is 32.6 Å². The largest absolute Gasteiger partial charge is 0.479 e. The van der Waals surface area contributed by atoms with Crippen molar-refractivity contribution in [2.24, 2.45) is 0 Å². The number of rotatable bonds is 4. The SMILES string of the molecule is CCN1CCC(N(C)C(=O)[C@@H]2CC[C@H](C(=O)O)O2)CC1. The lowest BCUT2D eigenvalue weighted by atomic mass is 10.0. The molecule has 1 amide bonds. The van der Waals surface area contributed by atoms with E-state index in [2.05, 4.69) is 11.8 Å². The molecule has 2 aliphatic rings. The Bertz CT molecular complexity index is 366. The molecule has 2 heterocycles. The minimum Gasteiger partial charge on any atom is -0.479 e. The minimum atomic E-state index is -0.973. The fourth-order valence-electron chi connectivity index (χ4n) is 3.03. The van der Waals surface area contributed by atoms with Crippen molar-refractivity contribution in [3.8, 4) is 0 Å². The van der Waals surface area contributed by atoms with Crippen LogP contribution >= 0.6 is 0 Å². The maximum atomic E-state index is 12.4. The average Bonchev–Trinajstić information content (AvgIpc) is 2.96. The lowest BCUT2D eigenvalue weighted by Crippen LogP contribution is -2.48. The van der Waals surface area contributed by atoms with E-state index in [9.17, 15) is 9.59 Å². The van der Waals surface area contributed by atoms with Gasteiger partial charge < -0.3 is 19.6 Å². The molecule has 0 unspecified atom stereocenters. The number of carbonyl (C=O) groups is 2. The summed E-state index contributed by atoms with van der Waals surface area (Å²) < 4.78 is 5.34. The highest BCUT2D eigenvalue weighted by atomic mass is 16.5. The Morgan fingerprint density at radius 2 is 1.80 bits per heavy atom. The molecule has 0 radical (unpaired) electrons. The highest BCUT2D eigenvalue weighted by molar-refractivity contribution is 5.82. The number of piperidine rings is 1. The number of aliphatic carboxylic acids is 1. The number of amides is 1. The third-order valence-corrected chi connectivity index (χ3v) is 4.47. The highest BCUT2D eigenvalue weighted by Crippen LogP contribution is 2.24. The monoisotopic (exact) mass is 284 g/mol. The molecular weight excluding hydrogens is 260 g/mol. The molecule has 0 bridgehead atoms. The summed E-state index contributed by atoms with van der Waals surface area (Å²) >= 11 is 0. The summed E-state index contributed by atoms with van der Waals surface area (Å²) in [5.41, 5.74) is 0. The second-order valence-corrected chi connectivity index (χ2v) is 5.64. The average molecular weight is 284 g/mol. The number of hydrogen-bond donors (Lipinski definition) is 1. The normalized spacial score (nSPS) is 28.5. The number of nitrogens with zero attached hydrogens (tertiary/aromatic N) is 2. The molecule has 2 rings (SSSR count). The third-order valence-electron chi connectivity index (χ3n) is 4.47. The van der Waals surface area contributed by atoms with Crippen molar-refractivity contribution < 1.29 is 19.4 Å². The molecule has 0 spiro atoms. The van der Waals surface area contributed by atoms with Crippen molar-refractivity contribution in [1.29, 1.82) is 0 Å². The molecule has 2 aliphatic heterocycles. The zero-order chi connectivity index (χ0) is 14.7. The van der Waals surface area contributed by atoms with Gasteiger partial charge in [-0.15, -0.1) is 0 Å². The maximum absolute atomic E-state index is 12.4. The van der Waals surface area contributed by atoms with E-state index >= 15 is 0 Å². The highest BCUT2D eigenvalue weighted by Gasteiger charge is 2.37. The summed E-state index contributed by atoms with van der Waals surface area (Å²) in [4.78, 5) is 27.4. The Kier molecular flexibility index (Phi) is 4.99. The molecule has 114 valence electrons. The van der Waals surface area contributed by atoms with Gasteiger partial charge in [-0.2, -0.15) is 0 Å². The summed E-state index contributed by atoms with van der Waals surface area (Å²) in [5.74, 6) is -1.04. The molecule has 0 aromatic carbocycles. The van der Waals surface area contributed by atoms with Gasteiger partial charge in [0.1, 0.15) is 6.10 Å². The van der Waals surface area contributed by atoms with Crippen LogP contribution in [0.25, 0.3) is 0 Å². The standard InChI is InChI=1S/C14H24N2O4/c1-3-16-8-6-10(7-9-16)15(2)13(17)11-4-5-12(20-11)14(18)19/h10-12H,3-9H2,1-2H3,(H,18,19)/t11-,12+/m0/s1. The van der Waals surface area contributed by atoms with Crippen LogP contribution < -0.4 is 0 Å². The van der Waals surface area contributed by atoms with E-state index in [0.717, 1.165) is 32.5 Å². The van der Waals surface area contributed by atoms with E-state index in [-0.39, 0.29) is 11.9 Å². The van der Waals surface area contributed by atoms with Crippen LogP contribution in [0.5, 0.6) is 0 Å². The van der Waals surface area contributed by atoms with Gasteiger partial charge in [0.15, 0.2) is 6.10 Å². The first-order valence-electron chi connectivity index (χ1n) is 7.40. The van der Waals surface area contributed by atoms with Crippen molar-refractivity contribution >= 4 is 11.9 Å². The molecule has 2 fully saturated rings. The van der Waals surface area contributed by atoms with Gasteiger partial charge in [0.05, 0.1) is 0 Å². The number of ether oxygens (including phenoxy) is 1. The van der Waals surface area contributed by atoms with Gasteiger partial charge in [-0.25, -0.2) is 4.79 Å². The summed E-state index contributed by atoms with van der Waals surface area (Å²) in [6.45, 7) is 5.23. The molecule has 2 atom stereocenters. The van der Waals surface area contributed by atoms with E-state index in [1.165, 1.54) is 0 Å². The Labute approximate surface area is 119 Å². The number of carboxylic acids is 1. The third kappa shape index (κ3) is 3.30. The van der Waals surface area contributed by atoms with Gasteiger partial charge in [0.2, 0.25) is 0 Å². The van der Waals surface area contributed by atoms with Crippen molar-refractivity contribution in [3.05, 3.63) is 0 Å². The molecule has 2 saturated heterocycles. The summed E-state index contributed by atoms with van der Waals surface area (Å²) in [5, 5.41) is 8.90. The van der Waals surface area contributed by atoms with Gasteiger partial charge in [0, 0.05) is 26.2 Å². The first-order valence-corrected chi connectivity index (χ1v) is 7.40. The number of likely N-dealkylation sites (N-methyl/N-ethyl adjacent to an activating group) is 1. The Hall–Kier alpha value is -1.14. The molecule has 0 aromatic heterocycles. The molecule has 0 aliphatic carbocycles. The summed E-state index contributed by atoms with van der Waals surface area (Å²) in [6.07, 6.45) is 1.49. The smallest absolute Gasteiger partial charge is 0.332 e. The predicted octanol–water partition coefficient (Wildman–Crippen LogP) is 0.561. The van der Waals surface area contributed by atoms with Crippen LogP contribution in [0.15, 0.2) is 0 Å². The van der Waals surface area contributed by atoms with Gasteiger partial charge in [0.25, 0.3) is 5.91 Å². The van der Waals surface area contributed by atoms with Gasteiger partial charge >= 0.3 is 5.97 Å². The topological polar surface area (TPSA) is 70.1 Å². The molecular formula is C14H24N2O4. The molecule has 0 saturated carbocycles.